The van der Waals surface area contributed by atoms with Gasteiger partial charge >= 0.3 is 5.97 Å². The van der Waals surface area contributed by atoms with Gasteiger partial charge in [-0.25, -0.2) is 0 Å². The number of ether oxygens (including phenoxy) is 1. The topological polar surface area (TPSA) is 95.9 Å². The third-order valence-electron chi connectivity index (χ3n) is 18.8. The van der Waals surface area contributed by atoms with Crippen molar-refractivity contribution in [2.75, 3.05) is 13.2 Å². The highest BCUT2D eigenvalue weighted by Gasteiger charge is 2.18. The predicted molar refractivity (Wildman–Crippen MR) is 393 cm³/mol. The Morgan fingerprint density at radius 2 is 0.562 bits per heavy atom. The summed E-state index contributed by atoms with van der Waals surface area (Å²) in [6, 6.07) is -0.625. The van der Waals surface area contributed by atoms with Crippen LogP contribution in [-0.4, -0.2) is 47.4 Å². The molecule has 0 aliphatic heterocycles. The number of rotatable bonds is 76. The lowest BCUT2D eigenvalue weighted by Crippen LogP contribution is -2.45. The average molecular weight is 1250 g/mol. The Hall–Kier alpha value is -2.18. The van der Waals surface area contributed by atoms with Crippen LogP contribution in [-0.2, 0) is 14.3 Å². The smallest absolute Gasteiger partial charge is 0.305 e. The summed E-state index contributed by atoms with van der Waals surface area (Å²) in [6.45, 7) is 4.91. The first-order valence-corrected chi connectivity index (χ1v) is 40.4. The Morgan fingerprint density at radius 1 is 0.315 bits per heavy atom. The van der Waals surface area contributed by atoms with Gasteiger partial charge in [-0.3, -0.25) is 9.59 Å². The second-order valence-corrected chi connectivity index (χ2v) is 27.7. The lowest BCUT2D eigenvalue weighted by molar-refractivity contribution is -0.143. The molecule has 0 saturated carbocycles. The number of allylic oxidation sites excluding steroid dienone is 7. The minimum atomic E-state index is -0.842. The zero-order chi connectivity index (χ0) is 64.2. The van der Waals surface area contributed by atoms with Crippen LogP contribution in [0.25, 0.3) is 0 Å². The Kier molecular flexibility index (Phi) is 76.3. The highest BCUT2D eigenvalue weighted by atomic mass is 16.5. The summed E-state index contributed by atoms with van der Waals surface area (Å²) in [5.74, 6) is -0.0515. The van der Waals surface area contributed by atoms with E-state index in [4.69, 9.17) is 4.74 Å². The molecule has 524 valence electrons. The number of esters is 1. The van der Waals surface area contributed by atoms with Crippen LogP contribution in [0.15, 0.2) is 48.6 Å². The number of amides is 1. The highest BCUT2D eigenvalue weighted by molar-refractivity contribution is 5.76. The van der Waals surface area contributed by atoms with E-state index in [0.29, 0.717) is 19.4 Å². The van der Waals surface area contributed by atoms with Gasteiger partial charge < -0.3 is 20.3 Å². The largest absolute Gasteiger partial charge is 0.466 e. The van der Waals surface area contributed by atoms with Crippen molar-refractivity contribution in [3.05, 3.63) is 48.6 Å². The first-order valence-electron chi connectivity index (χ1n) is 40.4. The number of unbranched alkanes of at least 4 members (excludes halogenated alkanes) is 59. The molecule has 2 atom stereocenters. The summed E-state index contributed by atoms with van der Waals surface area (Å²) in [5, 5.41) is 23.2. The number of aliphatic hydroxyl groups excluding tert-OH is 2. The summed E-state index contributed by atoms with van der Waals surface area (Å²) in [7, 11) is 0. The summed E-state index contributed by atoms with van der Waals surface area (Å²) >= 11 is 0. The highest BCUT2D eigenvalue weighted by Crippen LogP contribution is 2.19. The van der Waals surface area contributed by atoms with E-state index in [2.05, 4.69) is 55.6 Å². The molecule has 0 saturated heterocycles. The normalized spacial score (nSPS) is 12.7. The van der Waals surface area contributed by atoms with Crippen molar-refractivity contribution < 1.29 is 24.5 Å². The van der Waals surface area contributed by atoms with Crippen molar-refractivity contribution in [1.29, 1.82) is 0 Å². The Balaban J connectivity index is 3.34. The van der Waals surface area contributed by atoms with E-state index in [1.165, 1.54) is 366 Å². The molecule has 0 aromatic heterocycles. The van der Waals surface area contributed by atoms with Gasteiger partial charge in [-0.15, -0.1) is 0 Å². The van der Waals surface area contributed by atoms with Gasteiger partial charge in [0.25, 0.3) is 0 Å². The Morgan fingerprint density at radius 3 is 0.888 bits per heavy atom. The fourth-order valence-corrected chi connectivity index (χ4v) is 12.7. The maximum Gasteiger partial charge on any atom is 0.305 e. The van der Waals surface area contributed by atoms with E-state index in [1.54, 1.807) is 6.08 Å². The zero-order valence-corrected chi connectivity index (χ0v) is 60.2. The zero-order valence-electron chi connectivity index (χ0n) is 60.2. The monoisotopic (exact) mass is 1250 g/mol. The van der Waals surface area contributed by atoms with Gasteiger partial charge in [0.05, 0.1) is 25.4 Å². The molecule has 0 aliphatic rings. The van der Waals surface area contributed by atoms with Crippen LogP contribution in [0.3, 0.4) is 0 Å². The molecule has 1 amide bonds. The molecule has 0 rings (SSSR count). The van der Waals surface area contributed by atoms with Crippen LogP contribution in [0.2, 0.25) is 0 Å². The lowest BCUT2D eigenvalue weighted by Gasteiger charge is -2.20. The lowest BCUT2D eigenvalue weighted by atomic mass is 10.0. The van der Waals surface area contributed by atoms with Crippen molar-refractivity contribution >= 4 is 11.9 Å². The first kappa shape index (κ1) is 86.8. The Labute approximate surface area is 556 Å². The van der Waals surface area contributed by atoms with Crippen LogP contribution in [0.5, 0.6) is 0 Å². The fraction of sp³-hybridized carbons (Fsp3) is 0.880. The number of carbonyl (C=O) groups is 2. The molecule has 0 aromatic rings. The van der Waals surface area contributed by atoms with Crippen molar-refractivity contribution in [3.63, 3.8) is 0 Å². The van der Waals surface area contributed by atoms with E-state index < -0.39 is 12.1 Å². The number of hydrogen-bond donors (Lipinski definition) is 3. The molecule has 0 aliphatic carbocycles. The van der Waals surface area contributed by atoms with Gasteiger partial charge in [-0.1, -0.05) is 390 Å². The van der Waals surface area contributed by atoms with Crippen LogP contribution in [0, 0.1) is 0 Å². The van der Waals surface area contributed by atoms with E-state index in [0.717, 1.165) is 51.4 Å². The molecule has 2 unspecified atom stereocenters. The van der Waals surface area contributed by atoms with Gasteiger partial charge in [0, 0.05) is 12.8 Å². The van der Waals surface area contributed by atoms with Gasteiger partial charge in [-0.05, 0) is 89.9 Å². The summed E-state index contributed by atoms with van der Waals surface area (Å²) < 4.78 is 5.49. The molecule has 3 N–H and O–H groups in total. The van der Waals surface area contributed by atoms with Gasteiger partial charge in [0.1, 0.15) is 0 Å². The van der Waals surface area contributed by atoms with Crippen molar-refractivity contribution in [2.45, 2.75) is 456 Å². The molecule has 0 heterocycles. The van der Waals surface area contributed by atoms with E-state index in [1.807, 2.05) is 6.08 Å². The predicted octanol–water partition coefficient (Wildman–Crippen LogP) is 26.8. The van der Waals surface area contributed by atoms with Crippen LogP contribution < -0.4 is 5.32 Å². The fourth-order valence-electron chi connectivity index (χ4n) is 12.7. The molecule has 0 fully saturated rings. The minimum absolute atomic E-state index is 0.00859. The number of carbonyl (C=O) groups excluding carboxylic acids is 2. The number of hydrogen-bond acceptors (Lipinski definition) is 5. The van der Waals surface area contributed by atoms with E-state index >= 15 is 0 Å². The molecule has 89 heavy (non-hydrogen) atoms. The molecule has 0 radical (unpaired) electrons. The average Bonchev–Trinajstić information content (AvgIpc) is 3.60. The van der Waals surface area contributed by atoms with Gasteiger partial charge in [0.15, 0.2) is 0 Å². The SMILES string of the molecule is CCCCC/C=C\C/C=C\CCCCCCCC(=O)OCCCCCCCCCCCCCCCCCCCC/C=C\CCCCCCCCCCCCCCCCCCCC(=O)NC(CO)C(O)/C=C/CCCCCCCCCCCCCCCCCC. The maximum atomic E-state index is 12.5. The number of nitrogens with one attached hydrogen (secondary N) is 1. The van der Waals surface area contributed by atoms with Crippen LogP contribution in [0.4, 0.5) is 0 Å². The van der Waals surface area contributed by atoms with Crippen molar-refractivity contribution in [3.8, 4) is 0 Å². The molecule has 0 aromatic carbocycles. The minimum Gasteiger partial charge on any atom is -0.466 e. The maximum absolute atomic E-state index is 12.5. The van der Waals surface area contributed by atoms with Crippen LogP contribution >= 0.6 is 0 Å². The molecule has 6 heteroatoms. The molecule has 6 nitrogen and oxygen atoms in total. The van der Waals surface area contributed by atoms with Crippen molar-refractivity contribution in [2.24, 2.45) is 0 Å². The second kappa shape index (κ2) is 78.3. The summed E-state index contributed by atoms with van der Waals surface area (Å²) in [6.07, 6.45) is 104. The second-order valence-electron chi connectivity index (χ2n) is 27.7. The van der Waals surface area contributed by atoms with E-state index in [-0.39, 0.29) is 18.5 Å². The third kappa shape index (κ3) is 74.7. The van der Waals surface area contributed by atoms with Gasteiger partial charge in [0.2, 0.25) is 5.91 Å². The molecule has 0 spiro atoms. The number of aliphatic hydroxyl groups is 2. The standard InChI is InChI=1S/C83H157NO5/c1-3-5-7-9-11-13-15-17-19-20-44-48-51-55-59-63-67-71-75-81(86)80(79-85)84-82(87)76-72-68-64-60-56-52-49-45-42-40-38-36-34-32-30-28-26-24-22-21-23-25-27-29-31-33-35-37-39-41-43-46-50-54-58-62-66-70-74-78-89-83(88)77-73-69-65-61-57-53-47-18-16-14-12-10-8-6-4-2/h12,14,18,21-22,47,71,75,80-81,85-86H,3-11,13,15-17,19-20,23-46,48-70,72-74,76-79H2,1-2H3,(H,84,87)/b14-12-,22-21-,47-18-,75-71+. The molecular formula is C83H157NO5. The summed E-state index contributed by atoms with van der Waals surface area (Å²) in [4.78, 5) is 24.6. The van der Waals surface area contributed by atoms with E-state index in [9.17, 15) is 19.8 Å². The Bertz CT molecular complexity index is 1490. The van der Waals surface area contributed by atoms with Crippen molar-refractivity contribution in [1.82, 2.24) is 5.32 Å². The summed E-state index contributed by atoms with van der Waals surface area (Å²) in [5.41, 5.74) is 0. The van der Waals surface area contributed by atoms with Gasteiger partial charge in [-0.2, -0.15) is 0 Å². The molecular weight excluding hydrogens is 1090 g/mol. The first-order chi connectivity index (χ1) is 44.0. The third-order valence-corrected chi connectivity index (χ3v) is 18.8. The quantitative estimate of drug-likeness (QED) is 0.0320. The molecule has 0 bridgehead atoms. The van der Waals surface area contributed by atoms with Crippen LogP contribution in [0.1, 0.15) is 444 Å².